The second-order valence-electron chi connectivity index (χ2n) is 10.6. The number of imide groups is 1. The van der Waals surface area contributed by atoms with Crippen molar-refractivity contribution in [2.45, 2.75) is 51.9 Å². The molecule has 35 heavy (non-hydrogen) atoms. The second kappa shape index (κ2) is 8.37. The number of carbonyl (C=O) groups excluding carboxylic acids is 2. The van der Waals surface area contributed by atoms with Gasteiger partial charge >= 0.3 is 0 Å². The number of halogens is 1. The molecule has 1 saturated carbocycles. The van der Waals surface area contributed by atoms with Gasteiger partial charge in [0.15, 0.2) is 0 Å². The molecule has 8 heteroatoms. The molecule has 0 radical (unpaired) electrons. The number of rotatable bonds is 5. The number of aryl methyl sites for hydroxylation is 1. The smallest absolute Gasteiger partial charge is 0.233 e. The molecular formula is C27H28ClN3O3S. The van der Waals surface area contributed by atoms with E-state index in [4.69, 9.17) is 16.3 Å². The summed E-state index contributed by atoms with van der Waals surface area (Å²) in [6.45, 7) is 8.28. The Bertz CT molecular complexity index is 1350. The van der Waals surface area contributed by atoms with Crippen LogP contribution in [0, 0.1) is 18.8 Å². The molecule has 3 aromatic rings. The van der Waals surface area contributed by atoms with Crippen LogP contribution in [0.2, 0.25) is 5.02 Å². The summed E-state index contributed by atoms with van der Waals surface area (Å²) in [5.74, 6) is -0.210. The standard InChI is InChI=1S/C27H28ClN3O3S/c1-14-6-15(28)7-20(19(14)8-16-11-29-13-27(2,3)34-16)18-4-5-30-23-9-17(35-24(18)23)12-31-25(32)21-10-22(21)26(31)33/h4-7,9,16,21-22,29H,8,10-13H2,1-3H3. The largest absolute Gasteiger partial charge is 0.369 e. The third-order valence-electron chi connectivity index (χ3n) is 7.30. The first kappa shape index (κ1) is 23.1. The Morgan fingerprint density at radius 2 is 1.97 bits per heavy atom. The van der Waals surface area contributed by atoms with Crippen LogP contribution in [0.4, 0.5) is 0 Å². The van der Waals surface area contributed by atoms with Gasteiger partial charge in [0.25, 0.3) is 0 Å². The Labute approximate surface area is 213 Å². The number of amides is 2. The lowest BCUT2D eigenvalue weighted by Crippen LogP contribution is -2.51. The maximum Gasteiger partial charge on any atom is 0.233 e. The third kappa shape index (κ3) is 4.18. The molecule has 6 nitrogen and oxygen atoms in total. The molecule has 0 spiro atoms. The van der Waals surface area contributed by atoms with E-state index in [0.29, 0.717) is 11.6 Å². The molecule has 6 rings (SSSR count). The number of likely N-dealkylation sites (tertiary alicyclic amines) is 1. The van der Waals surface area contributed by atoms with Crippen molar-refractivity contribution in [3.8, 4) is 11.1 Å². The monoisotopic (exact) mass is 509 g/mol. The number of morpholine rings is 1. The van der Waals surface area contributed by atoms with E-state index in [9.17, 15) is 9.59 Å². The maximum atomic E-state index is 12.5. The van der Waals surface area contributed by atoms with Gasteiger partial charge in [-0.05, 0) is 68.1 Å². The van der Waals surface area contributed by atoms with Gasteiger partial charge in [0.05, 0.1) is 40.3 Å². The zero-order valence-electron chi connectivity index (χ0n) is 20.1. The number of thiophene rings is 1. The molecule has 1 aliphatic carbocycles. The summed E-state index contributed by atoms with van der Waals surface area (Å²) in [5.41, 5.74) is 5.15. The van der Waals surface area contributed by atoms with Gasteiger partial charge in [0, 0.05) is 41.2 Å². The fraction of sp³-hybridized carbons (Fsp3) is 0.444. The number of hydrogen-bond donors (Lipinski definition) is 1. The van der Waals surface area contributed by atoms with Gasteiger partial charge in [-0.3, -0.25) is 19.5 Å². The molecule has 1 N–H and O–H groups in total. The fourth-order valence-corrected chi connectivity index (χ4v) is 6.94. The molecule has 0 bridgehead atoms. The molecule has 2 amide bonds. The van der Waals surface area contributed by atoms with Crippen LogP contribution >= 0.6 is 22.9 Å². The molecule has 3 aliphatic rings. The van der Waals surface area contributed by atoms with Crippen molar-refractivity contribution in [2.75, 3.05) is 13.1 Å². The predicted octanol–water partition coefficient (Wildman–Crippen LogP) is 4.74. The van der Waals surface area contributed by atoms with Crippen LogP contribution in [0.25, 0.3) is 21.3 Å². The average Bonchev–Trinajstić information content (AvgIpc) is 3.43. The quantitative estimate of drug-likeness (QED) is 0.503. The molecule has 1 aromatic carbocycles. The van der Waals surface area contributed by atoms with Crippen molar-refractivity contribution in [1.82, 2.24) is 15.2 Å². The van der Waals surface area contributed by atoms with Gasteiger partial charge in [0.2, 0.25) is 11.8 Å². The van der Waals surface area contributed by atoms with Gasteiger partial charge in [-0.15, -0.1) is 11.3 Å². The van der Waals surface area contributed by atoms with Gasteiger partial charge in [-0.1, -0.05) is 11.6 Å². The summed E-state index contributed by atoms with van der Waals surface area (Å²) in [5, 5.41) is 4.19. The third-order valence-corrected chi connectivity index (χ3v) is 8.66. The summed E-state index contributed by atoms with van der Waals surface area (Å²) in [6.07, 6.45) is 3.38. The molecule has 2 aromatic heterocycles. The van der Waals surface area contributed by atoms with Crippen LogP contribution in [0.3, 0.4) is 0 Å². The average molecular weight is 510 g/mol. The Morgan fingerprint density at radius 1 is 1.20 bits per heavy atom. The number of ether oxygens (including phenoxy) is 1. The van der Waals surface area contributed by atoms with Crippen LogP contribution < -0.4 is 5.32 Å². The topological polar surface area (TPSA) is 71.5 Å². The van der Waals surface area contributed by atoms with Gasteiger partial charge in [0.1, 0.15) is 0 Å². The van der Waals surface area contributed by atoms with Crippen molar-refractivity contribution < 1.29 is 14.3 Å². The van der Waals surface area contributed by atoms with Crippen molar-refractivity contribution >= 4 is 45.0 Å². The molecule has 3 fully saturated rings. The number of carbonyl (C=O) groups is 2. The highest BCUT2D eigenvalue weighted by Crippen LogP contribution is 2.48. The predicted molar refractivity (Wildman–Crippen MR) is 137 cm³/mol. The Morgan fingerprint density at radius 3 is 2.71 bits per heavy atom. The van der Waals surface area contributed by atoms with Crippen LogP contribution in [0.15, 0.2) is 30.5 Å². The number of pyridine rings is 1. The van der Waals surface area contributed by atoms with E-state index in [0.717, 1.165) is 57.7 Å². The second-order valence-corrected chi connectivity index (χ2v) is 12.2. The minimum absolute atomic E-state index is 0.0255. The van der Waals surface area contributed by atoms with Crippen LogP contribution in [0.1, 0.15) is 36.3 Å². The first-order chi connectivity index (χ1) is 16.7. The number of hydrogen-bond acceptors (Lipinski definition) is 6. The zero-order valence-corrected chi connectivity index (χ0v) is 21.6. The van der Waals surface area contributed by atoms with E-state index in [1.165, 1.54) is 10.5 Å². The van der Waals surface area contributed by atoms with Gasteiger partial charge in [-0.25, -0.2) is 0 Å². The van der Waals surface area contributed by atoms with E-state index in [1.54, 1.807) is 11.3 Å². The first-order valence-electron chi connectivity index (χ1n) is 12.1. The highest BCUT2D eigenvalue weighted by Gasteiger charge is 2.58. The van der Waals surface area contributed by atoms with E-state index in [1.807, 2.05) is 30.5 Å². The van der Waals surface area contributed by atoms with Crippen LogP contribution in [0.5, 0.6) is 0 Å². The molecule has 2 aliphatic heterocycles. The minimum Gasteiger partial charge on any atom is -0.369 e. The summed E-state index contributed by atoms with van der Waals surface area (Å²) in [7, 11) is 0. The number of piperidine rings is 1. The highest BCUT2D eigenvalue weighted by atomic mass is 35.5. The first-order valence-corrected chi connectivity index (χ1v) is 13.3. The molecule has 3 atom stereocenters. The van der Waals surface area contributed by atoms with Crippen molar-refractivity contribution in [1.29, 1.82) is 0 Å². The highest BCUT2D eigenvalue weighted by molar-refractivity contribution is 7.19. The summed E-state index contributed by atoms with van der Waals surface area (Å²) in [4.78, 5) is 31.9. The van der Waals surface area contributed by atoms with Crippen LogP contribution in [-0.4, -0.2) is 46.5 Å². The summed E-state index contributed by atoms with van der Waals surface area (Å²) < 4.78 is 7.42. The number of fused-ring (bicyclic) bond motifs is 2. The maximum absolute atomic E-state index is 12.5. The summed E-state index contributed by atoms with van der Waals surface area (Å²) in [6, 6.07) is 8.07. The van der Waals surface area contributed by atoms with E-state index >= 15 is 0 Å². The van der Waals surface area contributed by atoms with Crippen molar-refractivity contribution in [3.05, 3.63) is 51.5 Å². The SMILES string of the molecule is Cc1cc(Cl)cc(-c2ccnc3cc(CN4C(=O)C5CC5C4=O)sc23)c1CC1CNCC(C)(C)O1. The van der Waals surface area contributed by atoms with E-state index in [2.05, 4.69) is 31.1 Å². The lowest BCUT2D eigenvalue weighted by molar-refractivity contribution is -0.141. The number of nitrogens with zero attached hydrogens (tertiary/aromatic N) is 2. The van der Waals surface area contributed by atoms with E-state index < -0.39 is 0 Å². The fourth-order valence-electron chi connectivity index (χ4n) is 5.53. The lowest BCUT2D eigenvalue weighted by atomic mass is 9.91. The Hall–Kier alpha value is -2.32. The molecule has 4 heterocycles. The number of benzene rings is 1. The molecule has 2 saturated heterocycles. The minimum atomic E-state index is -0.207. The van der Waals surface area contributed by atoms with Gasteiger partial charge < -0.3 is 10.1 Å². The molecular weight excluding hydrogens is 482 g/mol. The van der Waals surface area contributed by atoms with Crippen molar-refractivity contribution in [2.24, 2.45) is 11.8 Å². The van der Waals surface area contributed by atoms with Crippen LogP contribution in [-0.2, 0) is 27.3 Å². The normalized spacial score (nSPS) is 25.4. The Balaban J connectivity index is 1.37. The number of aromatic nitrogens is 1. The number of nitrogens with one attached hydrogen (secondary N) is 1. The lowest BCUT2D eigenvalue weighted by Gasteiger charge is -2.37. The summed E-state index contributed by atoms with van der Waals surface area (Å²) >= 11 is 8.14. The molecule has 3 unspecified atom stereocenters. The van der Waals surface area contributed by atoms with Crippen molar-refractivity contribution in [3.63, 3.8) is 0 Å². The zero-order chi connectivity index (χ0) is 24.5. The van der Waals surface area contributed by atoms with E-state index in [-0.39, 0.29) is 35.4 Å². The molecule has 182 valence electrons. The Kier molecular flexibility index (Phi) is 5.53. The van der Waals surface area contributed by atoms with Gasteiger partial charge in [-0.2, -0.15) is 0 Å².